The first-order chi connectivity index (χ1) is 15.0. The monoisotopic (exact) mass is 445 g/mol. The third-order valence-corrected chi connectivity index (χ3v) is 8.36. The molecule has 0 aromatic heterocycles. The van der Waals surface area contributed by atoms with Gasteiger partial charge in [-0.3, -0.25) is 9.69 Å². The first-order valence-corrected chi connectivity index (χ1v) is 12.9. The second kappa shape index (κ2) is 8.52. The first kappa shape index (κ1) is 20.9. The molecule has 3 fully saturated rings. The first-order valence-electron chi connectivity index (χ1n) is 11.5. The predicted octanol–water partition coefficient (Wildman–Crippen LogP) is 0.840. The van der Waals surface area contributed by atoms with E-state index >= 15 is 0 Å². The van der Waals surface area contributed by atoms with Crippen molar-refractivity contribution in [3.8, 4) is 0 Å². The number of sulfonamides is 1. The van der Waals surface area contributed by atoms with Crippen molar-refractivity contribution < 1.29 is 13.2 Å². The van der Waals surface area contributed by atoms with Crippen LogP contribution in [0.3, 0.4) is 0 Å². The summed E-state index contributed by atoms with van der Waals surface area (Å²) in [5.41, 5.74) is 0.619. The van der Waals surface area contributed by atoms with Crippen LogP contribution in [0.5, 0.6) is 0 Å². The number of fused-ring (bicyclic) bond motifs is 1. The van der Waals surface area contributed by atoms with Crippen molar-refractivity contribution >= 4 is 21.8 Å². The summed E-state index contributed by atoms with van der Waals surface area (Å²) >= 11 is 0. The van der Waals surface area contributed by atoms with Gasteiger partial charge in [0.05, 0.1) is 0 Å². The van der Waals surface area contributed by atoms with Gasteiger partial charge in [-0.15, -0.1) is 4.40 Å². The smallest absolute Gasteiger partial charge is 0.285 e. The fourth-order valence-electron chi connectivity index (χ4n) is 5.26. The standard InChI is InChI=1S/C22H31N5O3S/c28-22(26-16-14-25(15-17-26)13-12-24-9-3-4-10-24)19-7-5-11-27(19)21-18-6-1-2-8-20(18)31(29,30)23-21/h1-2,6,8,19H,3-5,7,9-17H2. The van der Waals surface area contributed by atoms with E-state index in [0.29, 0.717) is 17.9 Å². The molecule has 31 heavy (non-hydrogen) atoms. The van der Waals surface area contributed by atoms with Gasteiger partial charge in [0.25, 0.3) is 10.0 Å². The molecule has 1 aromatic carbocycles. The Bertz CT molecular complexity index is 965. The van der Waals surface area contributed by atoms with Gasteiger partial charge in [-0.2, -0.15) is 8.42 Å². The average Bonchev–Trinajstić information content (AvgIpc) is 3.52. The SMILES string of the molecule is O=C(C1CCCN1C1=NS(=O)(=O)c2ccccc21)N1CCN(CCN2CCCC2)CC1. The topological polar surface area (TPSA) is 76.5 Å². The van der Waals surface area contributed by atoms with Crippen LogP contribution in [0.25, 0.3) is 0 Å². The second-order valence-electron chi connectivity index (χ2n) is 8.95. The van der Waals surface area contributed by atoms with Crippen LogP contribution in [0.1, 0.15) is 31.2 Å². The molecular formula is C22H31N5O3S. The summed E-state index contributed by atoms with van der Waals surface area (Å²) in [5, 5.41) is 0. The summed E-state index contributed by atoms with van der Waals surface area (Å²) in [4.78, 5) is 22.5. The highest BCUT2D eigenvalue weighted by Crippen LogP contribution is 2.31. The van der Waals surface area contributed by atoms with Gasteiger partial charge in [0.1, 0.15) is 10.9 Å². The number of piperazine rings is 1. The fraction of sp³-hybridized carbons (Fsp3) is 0.636. The van der Waals surface area contributed by atoms with Crippen LogP contribution < -0.4 is 0 Å². The van der Waals surface area contributed by atoms with Crippen molar-refractivity contribution in [1.29, 1.82) is 0 Å². The minimum absolute atomic E-state index is 0.112. The van der Waals surface area contributed by atoms with Gasteiger partial charge in [0.2, 0.25) is 5.91 Å². The number of amidine groups is 1. The number of likely N-dealkylation sites (tertiary alicyclic amines) is 2. The molecule has 4 aliphatic rings. The maximum Gasteiger partial charge on any atom is 0.285 e. The van der Waals surface area contributed by atoms with E-state index in [1.807, 2.05) is 15.9 Å². The summed E-state index contributed by atoms with van der Waals surface area (Å²) in [6, 6.07) is 6.60. The molecule has 0 bridgehead atoms. The van der Waals surface area contributed by atoms with Crippen molar-refractivity contribution in [3.05, 3.63) is 29.8 Å². The number of hydrogen-bond acceptors (Lipinski definition) is 6. The Labute approximate surface area is 184 Å². The Hall–Kier alpha value is -1.97. The average molecular weight is 446 g/mol. The molecule has 0 aliphatic carbocycles. The lowest BCUT2D eigenvalue weighted by molar-refractivity contribution is -0.136. The molecule has 1 aromatic rings. The lowest BCUT2D eigenvalue weighted by Crippen LogP contribution is -2.55. The van der Waals surface area contributed by atoms with E-state index in [2.05, 4.69) is 14.2 Å². The van der Waals surface area contributed by atoms with Crippen molar-refractivity contribution in [1.82, 2.24) is 19.6 Å². The Balaban J connectivity index is 1.22. The van der Waals surface area contributed by atoms with Gasteiger partial charge in [0.15, 0.2) is 5.84 Å². The van der Waals surface area contributed by atoms with E-state index in [1.54, 1.807) is 18.2 Å². The molecule has 5 rings (SSSR count). The summed E-state index contributed by atoms with van der Waals surface area (Å²) in [6.07, 6.45) is 4.25. The van der Waals surface area contributed by atoms with Crippen LogP contribution in [0.4, 0.5) is 0 Å². The second-order valence-corrected chi connectivity index (χ2v) is 10.5. The molecule has 0 radical (unpaired) electrons. The molecule has 0 N–H and O–H groups in total. The van der Waals surface area contributed by atoms with Gasteiger partial charge < -0.3 is 14.7 Å². The Kier molecular flexibility index (Phi) is 5.75. The predicted molar refractivity (Wildman–Crippen MR) is 119 cm³/mol. The number of hydrogen-bond donors (Lipinski definition) is 0. The lowest BCUT2D eigenvalue weighted by Gasteiger charge is -2.38. The molecule has 1 unspecified atom stereocenters. The van der Waals surface area contributed by atoms with E-state index in [-0.39, 0.29) is 16.8 Å². The maximum atomic E-state index is 13.4. The Morgan fingerprint density at radius 1 is 0.903 bits per heavy atom. The number of carbonyl (C=O) groups excluding carboxylic acids is 1. The molecule has 9 heteroatoms. The molecule has 0 saturated carbocycles. The highest BCUT2D eigenvalue weighted by atomic mass is 32.2. The van der Waals surface area contributed by atoms with Crippen LogP contribution in [-0.4, -0.2) is 105 Å². The van der Waals surface area contributed by atoms with Gasteiger partial charge in [-0.1, -0.05) is 12.1 Å². The fourth-order valence-corrected chi connectivity index (χ4v) is 6.48. The number of carbonyl (C=O) groups is 1. The van der Waals surface area contributed by atoms with Crippen LogP contribution in [-0.2, 0) is 14.8 Å². The highest BCUT2D eigenvalue weighted by molar-refractivity contribution is 7.90. The maximum absolute atomic E-state index is 13.4. The van der Waals surface area contributed by atoms with E-state index in [0.717, 1.165) is 52.1 Å². The van der Waals surface area contributed by atoms with Gasteiger partial charge in [-0.05, 0) is 50.9 Å². The van der Waals surface area contributed by atoms with E-state index in [4.69, 9.17) is 0 Å². The van der Waals surface area contributed by atoms with Gasteiger partial charge in [0, 0.05) is 51.4 Å². The molecule has 1 amide bonds. The molecular weight excluding hydrogens is 414 g/mol. The molecule has 3 saturated heterocycles. The van der Waals surface area contributed by atoms with E-state index in [1.165, 1.54) is 25.9 Å². The highest BCUT2D eigenvalue weighted by Gasteiger charge is 2.41. The quantitative estimate of drug-likeness (QED) is 0.684. The Morgan fingerprint density at radius 2 is 1.58 bits per heavy atom. The van der Waals surface area contributed by atoms with Crippen LogP contribution in [0, 0.1) is 0 Å². The van der Waals surface area contributed by atoms with Crippen molar-refractivity contribution in [2.75, 3.05) is 58.9 Å². The van der Waals surface area contributed by atoms with Crippen LogP contribution in [0.2, 0.25) is 0 Å². The molecule has 1 atom stereocenters. The number of rotatable bonds is 4. The van der Waals surface area contributed by atoms with Gasteiger partial charge >= 0.3 is 0 Å². The minimum Gasteiger partial charge on any atom is -0.343 e. The van der Waals surface area contributed by atoms with Gasteiger partial charge in [-0.25, -0.2) is 0 Å². The van der Waals surface area contributed by atoms with Crippen molar-refractivity contribution in [2.24, 2.45) is 4.40 Å². The van der Waals surface area contributed by atoms with E-state index < -0.39 is 10.0 Å². The summed E-state index contributed by atoms with van der Waals surface area (Å²) in [7, 11) is -3.68. The summed E-state index contributed by atoms with van der Waals surface area (Å²) in [5.74, 6) is 0.553. The molecule has 0 spiro atoms. The number of benzene rings is 1. The minimum atomic E-state index is -3.68. The summed E-state index contributed by atoms with van der Waals surface area (Å²) < 4.78 is 29.0. The van der Waals surface area contributed by atoms with E-state index in [9.17, 15) is 13.2 Å². The zero-order chi connectivity index (χ0) is 21.4. The van der Waals surface area contributed by atoms with Crippen LogP contribution >= 0.6 is 0 Å². The zero-order valence-corrected chi connectivity index (χ0v) is 18.8. The molecule has 4 aliphatic heterocycles. The van der Waals surface area contributed by atoms with Crippen LogP contribution in [0.15, 0.2) is 33.6 Å². The third kappa shape index (κ3) is 4.10. The van der Waals surface area contributed by atoms with Crippen molar-refractivity contribution in [2.45, 2.75) is 36.6 Å². The molecule has 8 nitrogen and oxygen atoms in total. The van der Waals surface area contributed by atoms with Crippen molar-refractivity contribution in [3.63, 3.8) is 0 Å². The lowest BCUT2D eigenvalue weighted by atomic mass is 10.1. The molecule has 168 valence electrons. The number of amides is 1. The Morgan fingerprint density at radius 3 is 2.32 bits per heavy atom. The zero-order valence-electron chi connectivity index (χ0n) is 17.9. The molecule has 4 heterocycles. The number of nitrogens with zero attached hydrogens (tertiary/aromatic N) is 5. The largest absolute Gasteiger partial charge is 0.343 e. The third-order valence-electron chi connectivity index (χ3n) is 7.04. The normalized spacial score (nSPS) is 26.3. The summed E-state index contributed by atoms with van der Waals surface area (Å²) in [6.45, 7) is 8.59.